The molecule has 14 heavy (non-hydrogen) atoms. The predicted octanol–water partition coefficient (Wildman–Crippen LogP) is 3.54. The second kappa shape index (κ2) is 4.05. The maximum absolute atomic E-state index is 4.60. The molecule has 1 heterocycles. The highest BCUT2D eigenvalue weighted by atomic mass is 79.9. The third-order valence-corrected chi connectivity index (χ3v) is 4.26. The number of aromatic nitrogens is 2. The van der Waals surface area contributed by atoms with Gasteiger partial charge in [0.2, 0.25) is 0 Å². The molecular formula is C11H17BrN2. The third-order valence-electron chi connectivity index (χ3n) is 3.28. The molecule has 0 N–H and O–H groups in total. The molecule has 1 aromatic heterocycles. The van der Waals surface area contributed by atoms with Crippen molar-refractivity contribution in [2.24, 2.45) is 7.05 Å². The van der Waals surface area contributed by atoms with Crippen LogP contribution in [0.25, 0.3) is 0 Å². The average Bonchev–Trinajstić information content (AvgIpc) is 2.47. The molecule has 0 bridgehead atoms. The normalized spacial score (nSPS) is 18.8. The van der Waals surface area contributed by atoms with E-state index in [1.807, 2.05) is 11.7 Å². The van der Waals surface area contributed by atoms with Gasteiger partial charge in [0.05, 0.1) is 10.2 Å². The summed E-state index contributed by atoms with van der Waals surface area (Å²) in [7, 11) is 2.02. The zero-order valence-corrected chi connectivity index (χ0v) is 10.5. The van der Waals surface area contributed by atoms with E-state index in [-0.39, 0.29) is 0 Å². The van der Waals surface area contributed by atoms with Crippen LogP contribution in [0.15, 0.2) is 4.47 Å². The Hall–Kier alpha value is -0.310. The van der Waals surface area contributed by atoms with Gasteiger partial charge < -0.3 is 0 Å². The second-order valence-electron chi connectivity index (χ2n) is 4.24. The smallest absolute Gasteiger partial charge is 0.0800 e. The van der Waals surface area contributed by atoms with Gasteiger partial charge in [-0.25, -0.2) is 0 Å². The molecule has 3 heteroatoms. The molecule has 0 spiro atoms. The second-order valence-corrected chi connectivity index (χ2v) is 5.04. The van der Waals surface area contributed by atoms with Crippen LogP contribution in [0.3, 0.4) is 0 Å². The van der Waals surface area contributed by atoms with Gasteiger partial charge in [-0.3, -0.25) is 4.68 Å². The number of hydrogen-bond donors (Lipinski definition) is 0. The van der Waals surface area contributed by atoms with Crippen molar-refractivity contribution in [3.63, 3.8) is 0 Å². The van der Waals surface area contributed by atoms with Crippen LogP contribution in [-0.4, -0.2) is 9.78 Å². The summed E-state index contributed by atoms with van der Waals surface area (Å²) in [6.07, 6.45) is 6.77. The van der Waals surface area contributed by atoms with E-state index >= 15 is 0 Å². The molecule has 2 nitrogen and oxygen atoms in total. The zero-order valence-electron chi connectivity index (χ0n) is 8.89. The average molecular weight is 257 g/mol. The maximum atomic E-state index is 4.60. The number of rotatable bonds is 1. The summed E-state index contributed by atoms with van der Waals surface area (Å²) in [5.74, 6) is 0.693. The summed E-state index contributed by atoms with van der Waals surface area (Å²) in [4.78, 5) is 0. The van der Waals surface area contributed by atoms with Gasteiger partial charge in [0.15, 0.2) is 0 Å². The fourth-order valence-electron chi connectivity index (χ4n) is 2.24. The lowest BCUT2D eigenvalue weighted by molar-refractivity contribution is 0.432. The molecule has 1 aliphatic rings. The van der Waals surface area contributed by atoms with Gasteiger partial charge in [-0.1, -0.05) is 19.3 Å². The van der Waals surface area contributed by atoms with E-state index in [0.29, 0.717) is 5.92 Å². The number of aryl methyl sites for hydroxylation is 1. The molecule has 2 rings (SSSR count). The van der Waals surface area contributed by atoms with Crippen LogP contribution in [0, 0.1) is 6.92 Å². The Labute approximate surface area is 93.8 Å². The lowest BCUT2D eigenvalue weighted by Crippen LogP contribution is -2.06. The lowest BCUT2D eigenvalue weighted by atomic mass is 9.87. The molecule has 0 amide bonds. The minimum absolute atomic E-state index is 0.693. The van der Waals surface area contributed by atoms with Gasteiger partial charge in [0, 0.05) is 18.7 Å². The van der Waals surface area contributed by atoms with Crippen molar-refractivity contribution < 1.29 is 0 Å². The first-order chi connectivity index (χ1) is 6.70. The standard InChI is InChI=1S/C11H17BrN2/c1-8-10(12)11(13-14(8)2)9-6-4-3-5-7-9/h9H,3-7H2,1-2H3. The molecule has 0 aromatic carbocycles. The Kier molecular flexibility index (Phi) is 2.96. The van der Waals surface area contributed by atoms with Crippen molar-refractivity contribution in [3.8, 4) is 0 Å². The SMILES string of the molecule is Cc1c(Br)c(C2CCCCC2)nn1C. The fraction of sp³-hybridized carbons (Fsp3) is 0.727. The Balaban J connectivity index is 2.26. The first-order valence-electron chi connectivity index (χ1n) is 5.39. The number of halogens is 1. The van der Waals surface area contributed by atoms with E-state index in [1.165, 1.54) is 48.0 Å². The van der Waals surface area contributed by atoms with Gasteiger partial charge in [-0.2, -0.15) is 5.10 Å². The highest BCUT2D eigenvalue weighted by Gasteiger charge is 2.22. The predicted molar refractivity (Wildman–Crippen MR) is 61.5 cm³/mol. The Morgan fingerprint density at radius 1 is 1.29 bits per heavy atom. The van der Waals surface area contributed by atoms with Gasteiger partial charge >= 0.3 is 0 Å². The third kappa shape index (κ3) is 1.74. The van der Waals surface area contributed by atoms with E-state index in [2.05, 4.69) is 28.0 Å². The van der Waals surface area contributed by atoms with Crippen molar-refractivity contribution in [1.82, 2.24) is 9.78 Å². The summed E-state index contributed by atoms with van der Waals surface area (Å²) in [6.45, 7) is 2.11. The number of nitrogens with zero attached hydrogens (tertiary/aromatic N) is 2. The highest BCUT2D eigenvalue weighted by molar-refractivity contribution is 9.10. The van der Waals surface area contributed by atoms with Gasteiger partial charge in [-0.15, -0.1) is 0 Å². The zero-order chi connectivity index (χ0) is 10.1. The van der Waals surface area contributed by atoms with Crippen LogP contribution in [0.2, 0.25) is 0 Å². The van der Waals surface area contributed by atoms with Crippen LogP contribution >= 0.6 is 15.9 Å². The van der Waals surface area contributed by atoms with Crippen LogP contribution in [0.4, 0.5) is 0 Å². The Morgan fingerprint density at radius 3 is 2.43 bits per heavy atom. The van der Waals surface area contributed by atoms with Crippen molar-refractivity contribution in [2.75, 3.05) is 0 Å². The van der Waals surface area contributed by atoms with E-state index in [4.69, 9.17) is 0 Å². The molecule has 1 aliphatic carbocycles. The van der Waals surface area contributed by atoms with Crippen molar-refractivity contribution in [3.05, 3.63) is 15.9 Å². The first kappa shape index (κ1) is 10.2. The van der Waals surface area contributed by atoms with Crippen LogP contribution in [0.5, 0.6) is 0 Å². The van der Waals surface area contributed by atoms with E-state index < -0.39 is 0 Å². The number of hydrogen-bond acceptors (Lipinski definition) is 1. The molecule has 78 valence electrons. The molecule has 0 radical (unpaired) electrons. The van der Waals surface area contributed by atoms with Crippen LogP contribution < -0.4 is 0 Å². The highest BCUT2D eigenvalue weighted by Crippen LogP contribution is 2.36. The van der Waals surface area contributed by atoms with Crippen molar-refractivity contribution in [1.29, 1.82) is 0 Å². The van der Waals surface area contributed by atoms with Gasteiger partial charge in [0.25, 0.3) is 0 Å². The largest absolute Gasteiger partial charge is 0.271 e. The molecule has 1 fully saturated rings. The van der Waals surface area contributed by atoms with Crippen molar-refractivity contribution in [2.45, 2.75) is 44.9 Å². The molecule has 1 saturated carbocycles. The Morgan fingerprint density at radius 2 is 1.93 bits per heavy atom. The van der Waals surface area contributed by atoms with E-state index in [1.54, 1.807) is 0 Å². The first-order valence-corrected chi connectivity index (χ1v) is 6.18. The molecule has 0 saturated heterocycles. The minimum Gasteiger partial charge on any atom is -0.271 e. The van der Waals surface area contributed by atoms with Gasteiger partial charge in [-0.05, 0) is 35.7 Å². The molecule has 1 aromatic rings. The summed E-state index contributed by atoms with van der Waals surface area (Å²) in [6, 6.07) is 0. The summed E-state index contributed by atoms with van der Waals surface area (Å²) in [5, 5.41) is 4.60. The quantitative estimate of drug-likeness (QED) is 0.752. The molecular weight excluding hydrogens is 240 g/mol. The molecule has 0 unspecified atom stereocenters. The summed E-state index contributed by atoms with van der Waals surface area (Å²) in [5.41, 5.74) is 2.52. The lowest BCUT2D eigenvalue weighted by Gasteiger charge is -2.19. The van der Waals surface area contributed by atoms with Crippen molar-refractivity contribution >= 4 is 15.9 Å². The van der Waals surface area contributed by atoms with E-state index in [9.17, 15) is 0 Å². The molecule has 0 aliphatic heterocycles. The fourth-order valence-corrected chi connectivity index (χ4v) is 2.90. The van der Waals surface area contributed by atoms with Crippen LogP contribution in [-0.2, 0) is 7.05 Å². The Bertz CT molecular complexity index is 324. The van der Waals surface area contributed by atoms with E-state index in [0.717, 1.165) is 0 Å². The topological polar surface area (TPSA) is 17.8 Å². The summed E-state index contributed by atoms with van der Waals surface area (Å²) >= 11 is 3.65. The van der Waals surface area contributed by atoms with Crippen LogP contribution in [0.1, 0.15) is 49.4 Å². The molecule has 0 atom stereocenters. The minimum atomic E-state index is 0.693. The maximum Gasteiger partial charge on any atom is 0.0800 e. The van der Waals surface area contributed by atoms with Gasteiger partial charge in [0.1, 0.15) is 0 Å². The monoisotopic (exact) mass is 256 g/mol. The summed E-state index contributed by atoms with van der Waals surface area (Å²) < 4.78 is 3.21.